The molecule has 7 heteroatoms. The molecular weight excluding hydrogens is 274 g/mol. The molecule has 1 rings (SSSR count). The zero-order valence-electron chi connectivity index (χ0n) is 13.0. The van der Waals surface area contributed by atoms with E-state index >= 15 is 0 Å². The highest BCUT2D eigenvalue weighted by Gasteiger charge is 2.24. The minimum atomic E-state index is -0.444. The lowest BCUT2D eigenvalue weighted by Crippen LogP contribution is -2.46. The maximum atomic E-state index is 11.8. The van der Waals surface area contributed by atoms with Crippen LogP contribution in [0.1, 0.15) is 33.1 Å². The highest BCUT2D eigenvalue weighted by Crippen LogP contribution is 2.18. The number of hydrogen-bond acceptors (Lipinski definition) is 5. The lowest BCUT2D eigenvalue weighted by Gasteiger charge is -2.23. The number of carbonyl (C=O) groups is 3. The Kier molecular flexibility index (Phi) is 7.14. The number of nitrogens with zero attached hydrogens (tertiary/aromatic N) is 1. The van der Waals surface area contributed by atoms with Crippen LogP contribution in [0.3, 0.4) is 0 Å². The van der Waals surface area contributed by atoms with Crippen LogP contribution in [0.2, 0.25) is 0 Å². The van der Waals surface area contributed by atoms with Gasteiger partial charge >= 0.3 is 12.0 Å². The van der Waals surface area contributed by atoms with E-state index in [0.717, 1.165) is 12.8 Å². The molecule has 0 saturated heterocycles. The van der Waals surface area contributed by atoms with Gasteiger partial charge in [-0.15, -0.1) is 0 Å². The largest absolute Gasteiger partial charge is 0.469 e. The van der Waals surface area contributed by atoms with Crippen molar-refractivity contribution in [3.05, 3.63) is 0 Å². The zero-order chi connectivity index (χ0) is 15.8. The molecule has 1 saturated carbocycles. The number of esters is 1. The lowest BCUT2D eigenvalue weighted by molar-refractivity contribution is -0.141. The number of urea groups is 1. The molecule has 1 fully saturated rings. The smallest absolute Gasteiger partial charge is 0.321 e. The summed E-state index contributed by atoms with van der Waals surface area (Å²) in [5.74, 6) is -0.315. The number of carbonyl (C=O) groups excluding carboxylic acids is 3. The normalized spacial score (nSPS) is 14.1. The Labute approximate surface area is 125 Å². The summed E-state index contributed by atoms with van der Waals surface area (Å²) in [6.45, 7) is 5.26. The average Bonchev–Trinajstić information content (AvgIpc) is 3.18. The Morgan fingerprint density at radius 3 is 2.48 bits per heavy atom. The molecule has 3 amide bonds. The first-order valence-electron chi connectivity index (χ1n) is 7.30. The summed E-state index contributed by atoms with van der Waals surface area (Å²) in [6.07, 6.45) is 2.17. The van der Waals surface area contributed by atoms with E-state index in [1.807, 2.05) is 18.7 Å². The molecule has 21 heavy (non-hydrogen) atoms. The van der Waals surface area contributed by atoms with E-state index < -0.39 is 6.03 Å². The van der Waals surface area contributed by atoms with E-state index in [2.05, 4.69) is 15.4 Å². The van der Waals surface area contributed by atoms with Crippen molar-refractivity contribution < 1.29 is 19.1 Å². The van der Waals surface area contributed by atoms with Gasteiger partial charge in [-0.2, -0.15) is 0 Å². The van der Waals surface area contributed by atoms with Crippen molar-refractivity contribution in [3.63, 3.8) is 0 Å². The third kappa shape index (κ3) is 8.29. The van der Waals surface area contributed by atoms with Crippen molar-refractivity contribution in [2.75, 3.05) is 26.7 Å². The molecular formula is C14H25N3O4. The van der Waals surface area contributed by atoms with Crippen LogP contribution in [-0.2, 0) is 14.3 Å². The molecule has 7 nitrogen and oxygen atoms in total. The molecule has 1 aliphatic carbocycles. The van der Waals surface area contributed by atoms with E-state index in [1.54, 1.807) is 0 Å². The fourth-order valence-electron chi connectivity index (χ4n) is 1.92. The van der Waals surface area contributed by atoms with Crippen molar-refractivity contribution in [1.29, 1.82) is 0 Å². The van der Waals surface area contributed by atoms with E-state index in [0.29, 0.717) is 19.0 Å². The van der Waals surface area contributed by atoms with Crippen LogP contribution in [0, 0.1) is 5.92 Å². The molecule has 0 bridgehead atoms. The fourth-order valence-corrected chi connectivity index (χ4v) is 1.92. The zero-order valence-corrected chi connectivity index (χ0v) is 13.0. The second-order valence-corrected chi connectivity index (χ2v) is 5.75. The van der Waals surface area contributed by atoms with E-state index in [9.17, 15) is 14.4 Å². The minimum Gasteiger partial charge on any atom is -0.469 e. The van der Waals surface area contributed by atoms with Crippen LogP contribution in [0.4, 0.5) is 4.79 Å². The van der Waals surface area contributed by atoms with Gasteiger partial charge in [0, 0.05) is 19.1 Å². The van der Waals surface area contributed by atoms with Gasteiger partial charge < -0.3 is 10.1 Å². The molecule has 0 spiro atoms. The van der Waals surface area contributed by atoms with Crippen LogP contribution in [0.25, 0.3) is 0 Å². The lowest BCUT2D eigenvalue weighted by atomic mass is 10.2. The van der Waals surface area contributed by atoms with Crippen LogP contribution in [-0.4, -0.2) is 55.6 Å². The van der Waals surface area contributed by atoms with Crippen molar-refractivity contribution in [3.8, 4) is 0 Å². The number of nitrogens with one attached hydrogen (secondary N) is 2. The van der Waals surface area contributed by atoms with Gasteiger partial charge in [0.05, 0.1) is 20.1 Å². The average molecular weight is 299 g/mol. The number of amides is 3. The van der Waals surface area contributed by atoms with Crippen LogP contribution in [0.15, 0.2) is 0 Å². The maximum absolute atomic E-state index is 11.8. The highest BCUT2D eigenvalue weighted by molar-refractivity contribution is 5.95. The summed E-state index contributed by atoms with van der Waals surface area (Å²) in [5.41, 5.74) is 0. The van der Waals surface area contributed by atoms with Crippen molar-refractivity contribution in [2.24, 2.45) is 5.92 Å². The predicted octanol–water partition coefficient (Wildman–Crippen LogP) is 0.496. The van der Waals surface area contributed by atoms with Gasteiger partial charge in [-0.1, -0.05) is 13.8 Å². The Morgan fingerprint density at radius 1 is 1.29 bits per heavy atom. The number of methoxy groups -OCH3 is 1. The van der Waals surface area contributed by atoms with Crippen LogP contribution < -0.4 is 10.6 Å². The SMILES string of the molecule is COC(=O)CCN(CC(=O)NC(=O)NC1CC1)CC(C)C. The van der Waals surface area contributed by atoms with Crippen LogP contribution >= 0.6 is 0 Å². The molecule has 2 N–H and O–H groups in total. The molecule has 0 unspecified atom stereocenters. The molecule has 0 radical (unpaired) electrons. The van der Waals surface area contributed by atoms with Crippen LogP contribution in [0.5, 0.6) is 0 Å². The molecule has 0 aromatic rings. The maximum Gasteiger partial charge on any atom is 0.321 e. The monoisotopic (exact) mass is 299 g/mol. The van der Waals surface area contributed by atoms with Gasteiger partial charge in [0.15, 0.2) is 0 Å². The summed E-state index contributed by atoms with van der Waals surface area (Å²) < 4.78 is 4.60. The first-order valence-corrected chi connectivity index (χ1v) is 7.30. The molecule has 0 atom stereocenters. The predicted molar refractivity (Wildman–Crippen MR) is 77.6 cm³/mol. The third-order valence-electron chi connectivity index (χ3n) is 3.02. The quantitative estimate of drug-likeness (QED) is 0.637. The Bertz CT molecular complexity index is 380. The fraction of sp³-hybridized carbons (Fsp3) is 0.786. The Balaban J connectivity index is 2.36. The van der Waals surface area contributed by atoms with Gasteiger partial charge in [0.2, 0.25) is 5.91 Å². The molecule has 0 aromatic heterocycles. The number of ether oxygens (including phenoxy) is 1. The van der Waals surface area contributed by atoms with E-state index in [1.165, 1.54) is 7.11 Å². The number of hydrogen-bond donors (Lipinski definition) is 2. The minimum absolute atomic E-state index is 0.0905. The summed E-state index contributed by atoms with van der Waals surface area (Å²) in [6, 6.07) is -0.233. The Hall–Kier alpha value is -1.63. The molecule has 0 aromatic carbocycles. The second kappa shape index (κ2) is 8.61. The molecule has 120 valence electrons. The van der Waals surface area contributed by atoms with Crippen molar-refractivity contribution >= 4 is 17.9 Å². The van der Waals surface area contributed by atoms with E-state index in [-0.39, 0.29) is 30.9 Å². The number of imide groups is 1. The standard InChI is InChI=1S/C14H25N3O4/c1-10(2)8-17(7-6-13(19)21-3)9-12(18)16-14(20)15-11-4-5-11/h10-11H,4-9H2,1-3H3,(H2,15,16,18,20). The molecule has 0 heterocycles. The number of rotatable bonds is 8. The second-order valence-electron chi connectivity index (χ2n) is 5.75. The van der Waals surface area contributed by atoms with Gasteiger partial charge in [-0.05, 0) is 18.8 Å². The van der Waals surface area contributed by atoms with Gasteiger partial charge in [-0.25, -0.2) is 4.79 Å². The third-order valence-corrected chi connectivity index (χ3v) is 3.02. The summed E-state index contributed by atoms with van der Waals surface area (Å²) >= 11 is 0. The topological polar surface area (TPSA) is 87.7 Å². The molecule has 1 aliphatic rings. The van der Waals surface area contributed by atoms with Crippen molar-refractivity contribution in [2.45, 2.75) is 39.2 Å². The summed E-state index contributed by atoms with van der Waals surface area (Å²) in [5, 5.41) is 5.00. The van der Waals surface area contributed by atoms with Gasteiger partial charge in [-0.3, -0.25) is 19.8 Å². The summed E-state index contributed by atoms with van der Waals surface area (Å²) in [4.78, 5) is 36.3. The molecule has 0 aliphatic heterocycles. The van der Waals surface area contributed by atoms with E-state index in [4.69, 9.17) is 0 Å². The first kappa shape index (κ1) is 17.4. The van der Waals surface area contributed by atoms with Crippen molar-refractivity contribution in [1.82, 2.24) is 15.5 Å². The van der Waals surface area contributed by atoms with Gasteiger partial charge in [0.25, 0.3) is 0 Å². The first-order chi connectivity index (χ1) is 9.90. The van der Waals surface area contributed by atoms with Gasteiger partial charge in [0.1, 0.15) is 0 Å². The summed E-state index contributed by atoms with van der Waals surface area (Å²) in [7, 11) is 1.34. The highest BCUT2D eigenvalue weighted by atomic mass is 16.5. The Morgan fingerprint density at radius 2 is 1.95 bits per heavy atom.